The third-order valence-electron chi connectivity index (χ3n) is 13.6. The van der Waals surface area contributed by atoms with E-state index in [2.05, 4.69) is 0 Å². The minimum absolute atomic E-state index is 0.111. The van der Waals surface area contributed by atoms with Crippen molar-refractivity contribution in [2.45, 2.75) is 198 Å². The van der Waals surface area contributed by atoms with Crippen molar-refractivity contribution in [1.29, 1.82) is 0 Å². The van der Waals surface area contributed by atoms with Gasteiger partial charge in [0.15, 0.2) is 18.2 Å². The number of esters is 1. The molecule has 0 unspecified atom stereocenters. The first-order chi connectivity index (χ1) is 29.8. The summed E-state index contributed by atoms with van der Waals surface area (Å²) in [6.07, 6.45) is -11.0. The lowest BCUT2D eigenvalue weighted by molar-refractivity contribution is -0.319. The zero-order valence-electron chi connectivity index (χ0n) is 40.3. The smallest absolute Gasteiger partial charge is 0.336 e. The van der Waals surface area contributed by atoms with Gasteiger partial charge < -0.3 is 78.9 Å². The van der Waals surface area contributed by atoms with Crippen molar-refractivity contribution in [1.82, 2.24) is 4.90 Å². The van der Waals surface area contributed by atoms with Crippen LogP contribution in [0.1, 0.15) is 108 Å². The molecule has 0 aromatic heterocycles. The molecule has 3 heterocycles. The predicted molar refractivity (Wildman–Crippen MR) is 228 cm³/mol. The van der Waals surface area contributed by atoms with Gasteiger partial charge in [-0.3, -0.25) is 19.2 Å². The zero-order chi connectivity index (χ0) is 50.3. The van der Waals surface area contributed by atoms with E-state index in [1.54, 1.807) is 48.5 Å². The molecule has 0 aromatic rings. The average Bonchev–Trinajstić information content (AvgIpc) is 3.21. The summed E-state index contributed by atoms with van der Waals surface area (Å²) in [6.45, 7) is 17.1. The Labute approximate surface area is 381 Å². The van der Waals surface area contributed by atoms with Gasteiger partial charge in [0.1, 0.15) is 29.7 Å². The number of ether oxygens (including phenoxy) is 7. The summed E-state index contributed by atoms with van der Waals surface area (Å²) in [7, 11) is 6.77. The number of carboxylic acid groups (broad SMARTS) is 3. The number of rotatable bonds is 13. The largest absolute Gasteiger partial charge is 0.481 e. The first kappa shape index (κ1) is 58.2. The molecule has 3 saturated heterocycles. The molecule has 3 aliphatic rings. The Balaban J connectivity index is 0.000000965. The maximum atomic E-state index is 14.2. The SMILES string of the molecule is CC[C@H]1OC(=O)[C@H](C)[C@H](O[C@H]2C[C@@](C)(OC)[C@@H](O)[C@H](C)O2)[C@H](C)[C@@H](O[C@@H]2O[C@H](C)C[C@H](N(C)C)[C@H]2O)[C@@](C)(OC)C[C@@H](C)C(=O)[C@H](C)[C@@H](O)[C@]1(C)O.O=C(O)CC(O)(CC(=O)O)C(=O)O. The number of hydrogen-bond acceptors (Lipinski definition) is 18. The Morgan fingerprint density at radius 3 is 1.82 bits per heavy atom. The Hall–Kier alpha value is -2.93. The number of ketones is 1. The molecule has 0 aromatic carbocycles. The summed E-state index contributed by atoms with van der Waals surface area (Å²) in [5, 5.41) is 79.4. The molecular formula is C44H77NO20. The standard InChI is InChI=1S/C38H69NO13.C6H8O7/c1-15-26-38(10,45)31(42)21(4)28(40)19(2)17-37(9,47-14)33(52-35-29(41)25(39(11)12)16-20(3)48-35)22(5)30(23(6)34(44)50-26)51-27-18-36(8,46-13)32(43)24(7)49-27;7-3(8)1-6(13,5(11)12)2-4(9)10/h19-27,29-33,35,41-43,45H,15-18H2,1-14H3;13H,1-2H2,(H,7,8)(H,9,10)(H,11,12)/t19-,20-,21+,22+,23-,24+,25+,26-,27+,29-,30-,31-,32+,33-,35+,36-,37+,38-;/m1./s1. The van der Waals surface area contributed by atoms with Gasteiger partial charge in [0.2, 0.25) is 0 Å². The second-order valence-electron chi connectivity index (χ2n) is 19.1. The van der Waals surface area contributed by atoms with Crippen LogP contribution >= 0.6 is 0 Å². The van der Waals surface area contributed by atoms with Gasteiger partial charge in [-0.1, -0.05) is 27.7 Å². The number of aliphatic hydroxyl groups is 5. The van der Waals surface area contributed by atoms with Crippen LogP contribution in [0.2, 0.25) is 0 Å². The molecule has 21 nitrogen and oxygen atoms in total. The number of methoxy groups -OCH3 is 2. The second kappa shape index (κ2) is 23.4. The molecule has 0 aliphatic carbocycles. The van der Waals surface area contributed by atoms with Gasteiger partial charge in [-0.15, -0.1) is 0 Å². The molecule has 18 atom stereocenters. The molecule has 3 fully saturated rings. The zero-order valence-corrected chi connectivity index (χ0v) is 40.3. The minimum atomic E-state index is -2.74. The van der Waals surface area contributed by atoms with Crippen LogP contribution in [0.3, 0.4) is 0 Å². The third-order valence-corrected chi connectivity index (χ3v) is 13.6. The number of nitrogens with zero attached hydrogens (tertiary/aromatic N) is 1. The third kappa shape index (κ3) is 14.1. The van der Waals surface area contributed by atoms with Gasteiger partial charge in [-0.05, 0) is 74.9 Å². The predicted octanol–water partition coefficient (Wildman–Crippen LogP) is 1.19. The summed E-state index contributed by atoms with van der Waals surface area (Å²) in [5.41, 5.74) is -6.98. The van der Waals surface area contributed by atoms with Gasteiger partial charge in [0.25, 0.3) is 0 Å². The highest BCUT2D eigenvalue weighted by Gasteiger charge is 2.54. The second-order valence-corrected chi connectivity index (χ2v) is 19.1. The van der Waals surface area contributed by atoms with Crippen molar-refractivity contribution < 1.29 is 98.0 Å². The lowest BCUT2D eigenvalue weighted by Gasteiger charge is -2.50. The van der Waals surface area contributed by atoms with Gasteiger partial charge in [0.05, 0.1) is 60.5 Å². The van der Waals surface area contributed by atoms with E-state index >= 15 is 0 Å². The lowest BCUT2D eigenvalue weighted by Crippen LogP contribution is -2.61. The molecule has 0 amide bonds. The fourth-order valence-electron chi connectivity index (χ4n) is 9.30. The van der Waals surface area contributed by atoms with Crippen LogP contribution in [0, 0.1) is 23.7 Å². The molecule has 0 saturated carbocycles. The van der Waals surface area contributed by atoms with Crippen LogP contribution < -0.4 is 0 Å². The van der Waals surface area contributed by atoms with E-state index < -0.39 is 138 Å². The van der Waals surface area contributed by atoms with E-state index in [1.807, 2.05) is 32.8 Å². The fraction of sp³-hybridized carbons (Fsp3) is 0.886. The minimum Gasteiger partial charge on any atom is -0.481 e. The summed E-state index contributed by atoms with van der Waals surface area (Å²) in [5.74, 6) is -9.49. The first-order valence-corrected chi connectivity index (χ1v) is 22.1. The van der Waals surface area contributed by atoms with Gasteiger partial charge >= 0.3 is 23.9 Å². The van der Waals surface area contributed by atoms with Crippen molar-refractivity contribution in [3.05, 3.63) is 0 Å². The number of likely N-dealkylation sites (N-methyl/N-ethyl adjacent to an activating group) is 1. The summed E-state index contributed by atoms with van der Waals surface area (Å²) < 4.78 is 43.9. The molecule has 378 valence electrons. The molecule has 3 aliphatic heterocycles. The average molecular weight is 940 g/mol. The van der Waals surface area contributed by atoms with Crippen molar-refractivity contribution in [2.24, 2.45) is 23.7 Å². The molecule has 8 N–H and O–H groups in total. The topological polar surface area (TPSA) is 315 Å². The van der Waals surface area contributed by atoms with Crippen LogP contribution in [0.15, 0.2) is 0 Å². The lowest BCUT2D eigenvalue weighted by atomic mass is 9.74. The molecule has 0 radical (unpaired) electrons. The summed E-state index contributed by atoms with van der Waals surface area (Å²) in [4.78, 5) is 60.6. The van der Waals surface area contributed by atoms with E-state index in [9.17, 15) is 44.4 Å². The van der Waals surface area contributed by atoms with E-state index in [4.69, 9.17) is 53.6 Å². The number of carbonyl (C=O) groups is 5. The highest BCUT2D eigenvalue weighted by molar-refractivity contribution is 5.88. The summed E-state index contributed by atoms with van der Waals surface area (Å²) in [6, 6.07) is -0.283. The molecule has 0 spiro atoms. The maximum Gasteiger partial charge on any atom is 0.336 e. The monoisotopic (exact) mass is 940 g/mol. The molecule has 65 heavy (non-hydrogen) atoms. The van der Waals surface area contributed by atoms with Gasteiger partial charge in [-0.2, -0.15) is 0 Å². The Morgan fingerprint density at radius 1 is 0.815 bits per heavy atom. The Kier molecular flexibility index (Phi) is 20.9. The number of aliphatic carboxylic acids is 3. The van der Waals surface area contributed by atoms with E-state index in [1.165, 1.54) is 21.1 Å². The molecular weight excluding hydrogens is 862 g/mol. The van der Waals surface area contributed by atoms with Crippen molar-refractivity contribution in [3.8, 4) is 0 Å². The normalized spacial score (nSPS) is 41.4. The Morgan fingerprint density at radius 2 is 1.35 bits per heavy atom. The van der Waals surface area contributed by atoms with E-state index in [0.717, 1.165) is 0 Å². The van der Waals surface area contributed by atoms with Gasteiger partial charge in [0, 0.05) is 44.4 Å². The number of aliphatic hydroxyl groups excluding tert-OH is 3. The van der Waals surface area contributed by atoms with Gasteiger partial charge in [-0.25, -0.2) is 4.79 Å². The number of carbonyl (C=O) groups excluding carboxylic acids is 2. The van der Waals surface area contributed by atoms with Crippen LogP contribution in [0.5, 0.6) is 0 Å². The highest BCUT2D eigenvalue weighted by Crippen LogP contribution is 2.42. The van der Waals surface area contributed by atoms with Crippen LogP contribution in [-0.2, 0) is 57.1 Å². The van der Waals surface area contributed by atoms with E-state index in [0.29, 0.717) is 6.42 Å². The van der Waals surface area contributed by atoms with Crippen molar-refractivity contribution in [2.75, 3.05) is 28.3 Å². The first-order valence-electron chi connectivity index (χ1n) is 22.1. The number of Topliss-reactive ketones (excluding diaryl/α,β-unsaturated/α-hetero) is 1. The maximum absolute atomic E-state index is 14.2. The highest BCUT2D eigenvalue weighted by atomic mass is 16.7. The number of hydrogen-bond donors (Lipinski definition) is 8. The van der Waals surface area contributed by atoms with Crippen LogP contribution in [0.25, 0.3) is 0 Å². The Bertz CT molecular complexity index is 1600. The van der Waals surface area contributed by atoms with Crippen molar-refractivity contribution >= 4 is 29.7 Å². The van der Waals surface area contributed by atoms with E-state index in [-0.39, 0.29) is 37.2 Å². The van der Waals surface area contributed by atoms with Crippen LogP contribution in [0.4, 0.5) is 0 Å². The quantitative estimate of drug-likeness (QED) is 0.120. The summed E-state index contributed by atoms with van der Waals surface area (Å²) >= 11 is 0. The molecule has 21 heteroatoms. The molecule has 0 bridgehead atoms. The number of cyclic esters (lactones) is 1. The number of carboxylic acids is 3. The van der Waals surface area contributed by atoms with Crippen molar-refractivity contribution in [3.63, 3.8) is 0 Å². The van der Waals surface area contributed by atoms with Crippen LogP contribution in [-0.4, -0.2) is 194 Å². The molecule has 3 rings (SSSR count). The fourth-order valence-corrected chi connectivity index (χ4v) is 9.30.